The molecule has 0 fully saturated rings. The van der Waals surface area contributed by atoms with Crippen LogP contribution in [-0.2, 0) is 13.1 Å². The fourth-order valence-corrected chi connectivity index (χ4v) is 3.83. The SMILES string of the molecule is O=[N+]([O-])c1cccc(CN2CCCn3cccc3[C@H]2c2ccccc2)c1. The molecule has 5 nitrogen and oxygen atoms in total. The standard InChI is InChI=1S/C21H21N3O2/c25-24(26)19-10-4-7-17(15-19)16-23-14-6-13-22-12-5-11-20(22)21(23)18-8-2-1-3-9-18/h1-5,7-12,15,21H,6,13-14,16H2/t21-/m1/s1. The number of aryl methyl sites for hydroxylation is 1. The topological polar surface area (TPSA) is 51.3 Å². The molecule has 1 aliphatic rings. The minimum atomic E-state index is -0.328. The predicted octanol–water partition coefficient (Wildman–Crippen LogP) is 4.39. The van der Waals surface area contributed by atoms with Crippen LogP contribution in [0.1, 0.15) is 29.3 Å². The molecule has 0 aliphatic carbocycles. The third kappa shape index (κ3) is 3.26. The summed E-state index contributed by atoms with van der Waals surface area (Å²) >= 11 is 0. The monoisotopic (exact) mass is 347 g/mol. The van der Waals surface area contributed by atoms with Crippen LogP contribution in [-0.4, -0.2) is 20.9 Å². The molecule has 2 heterocycles. The van der Waals surface area contributed by atoms with E-state index in [1.54, 1.807) is 18.2 Å². The first kappa shape index (κ1) is 16.5. The number of rotatable bonds is 4. The molecule has 1 aromatic heterocycles. The molecule has 0 saturated carbocycles. The van der Waals surface area contributed by atoms with E-state index in [4.69, 9.17) is 0 Å². The van der Waals surface area contributed by atoms with Gasteiger partial charge in [-0.2, -0.15) is 0 Å². The summed E-state index contributed by atoms with van der Waals surface area (Å²) in [5.41, 5.74) is 3.65. The molecule has 0 unspecified atom stereocenters. The zero-order valence-corrected chi connectivity index (χ0v) is 14.5. The summed E-state index contributed by atoms with van der Waals surface area (Å²) in [6, 6.07) is 21.9. The van der Waals surface area contributed by atoms with Gasteiger partial charge in [0.1, 0.15) is 0 Å². The average molecular weight is 347 g/mol. The Morgan fingerprint density at radius 3 is 2.65 bits per heavy atom. The number of benzene rings is 2. The highest BCUT2D eigenvalue weighted by molar-refractivity contribution is 5.35. The molecule has 2 aromatic carbocycles. The van der Waals surface area contributed by atoms with Crippen molar-refractivity contribution in [3.8, 4) is 0 Å². The summed E-state index contributed by atoms with van der Waals surface area (Å²) in [6.07, 6.45) is 3.20. The van der Waals surface area contributed by atoms with Crippen LogP contribution in [0, 0.1) is 10.1 Å². The molecule has 0 radical (unpaired) electrons. The lowest BCUT2D eigenvalue weighted by Crippen LogP contribution is -2.29. The Morgan fingerprint density at radius 2 is 1.85 bits per heavy atom. The number of fused-ring (bicyclic) bond motifs is 1. The van der Waals surface area contributed by atoms with E-state index in [0.29, 0.717) is 6.54 Å². The second kappa shape index (κ2) is 7.14. The van der Waals surface area contributed by atoms with Crippen molar-refractivity contribution in [1.29, 1.82) is 0 Å². The molecule has 3 aromatic rings. The summed E-state index contributed by atoms with van der Waals surface area (Å²) in [6.45, 7) is 2.63. The summed E-state index contributed by atoms with van der Waals surface area (Å²) < 4.78 is 2.32. The average Bonchev–Trinajstić information content (AvgIpc) is 3.04. The maximum Gasteiger partial charge on any atom is 0.269 e. The fourth-order valence-electron chi connectivity index (χ4n) is 3.83. The van der Waals surface area contributed by atoms with E-state index in [1.807, 2.05) is 12.1 Å². The first-order chi connectivity index (χ1) is 12.7. The first-order valence-corrected chi connectivity index (χ1v) is 8.90. The Balaban J connectivity index is 1.71. The molecule has 0 amide bonds. The van der Waals surface area contributed by atoms with Gasteiger partial charge < -0.3 is 4.57 Å². The van der Waals surface area contributed by atoms with Crippen LogP contribution in [0.3, 0.4) is 0 Å². The van der Waals surface area contributed by atoms with Crippen molar-refractivity contribution >= 4 is 5.69 Å². The summed E-state index contributed by atoms with van der Waals surface area (Å²) in [7, 11) is 0. The van der Waals surface area contributed by atoms with E-state index in [-0.39, 0.29) is 16.7 Å². The van der Waals surface area contributed by atoms with Crippen molar-refractivity contribution in [1.82, 2.24) is 9.47 Å². The van der Waals surface area contributed by atoms with E-state index in [1.165, 1.54) is 11.3 Å². The third-order valence-corrected chi connectivity index (χ3v) is 4.98. The zero-order chi connectivity index (χ0) is 17.9. The quantitative estimate of drug-likeness (QED) is 0.519. The lowest BCUT2D eigenvalue weighted by molar-refractivity contribution is -0.384. The molecule has 4 rings (SSSR count). The van der Waals surface area contributed by atoms with E-state index in [0.717, 1.165) is 25.1 Å². The minimum Gasteiger partial charge on any atom is -0.350 e. The smallest absolute Gasteiger partial charge is 0.269 e. The van der Waals surface area contributed by atoms with Gasteiger partial charge in [0.15, 0.2) is 0 Å². The molecule has 26 heavy (non-hydrogen) atoms. The number of hydrogen-bond acceptors (Lipinski definition) is 3. The largest absolute Gasteiger partial charge is 0.350 e. The highest BCUT2D eigenvalue weighted by atomic mass is 16.6. The van der Waals surface area contributed by atoms with E-state index >= 15 is 0 Å². The molecular formula is C21H21N3O2. The lowest BCUT2D eigenvalue weighted by atomic mass is 10.0. The van der Waals surface area contributed by atoms with Gasteiger partial charge in [-0.25, -0.2) is 0 Å². The molecule has 132 valence electrons. The molecule has 1 aliphatic heterocycles. The van der Waals surface area contributed by atoms with Crippen molar-refractivity contribution in [3.63, 3.8) is 0 Å². The highest BCUT2D eigenvalue weighted by Gasteiger charge is 2.27. The number of hydrogen-bond donors (Lipinski definition) is 0. The van der Waals surface area contributed by atoms with Crippen LogP contribution in [0.25, 0.3) is 0 Å². The van der Waals surface area contributed by atoms with Gasteiger partial charge in [0.25, 0.3) is 5.69 Å². The van der Waals surface area contributed by atoms with Gasteiger partial charge in [0.05, 0.1) is 11.0 Å². The highest BCUT2D eigenvalue weighted by Crippen LogP contribution is 2.33. The lowest BCUT2D eigenvalue weighted by Gasteiger charge is -2.30. The van der Waals surface area contributed by atoms with Crippen molar-refractivity contribution in [2.75, 3.05) is 6.54 Å². The van der Waals surface area contributed by atoms with Gasteiger partial charge in [-0.05, 0) is 29.7 Å². The third-order valence-electron chi connectivity index (χ3n) is 4.98. The molecule has 0 spiro atoms. The summed E-state index contributed by atoms with van der Waals surface area (Å²) in [4.78, 5) is 13.2. The first-order valence-electron chi connectivity index (χ1n) is 8.90. The van der Waals surface area contributed by atoms with Crippen LogP contribution in [0.2, 0.25) is 0 Å². The molecule has 5 heteroatoms. The number of nitro groups is 1. The Labute approximate surface area is 152 Å². The van der Waals surface area contributed by atoms with E-state index in [9.17, 15) is 10.1 Å². The van der Waals surface area contributed by atoms with Crippen molar-refractivity contribution in [2.45, 2.75) is 25.6 Å². The predicted molar refractivity (Wildman–Crippen MR) is 101 cm³/mol. The van der Waals surface area contributed by atoms with Gasteiger partial charge >= 0.3 is 0 Å². The van der Waals surface area contributed by atoms with E-state index < -0.39 is 0 Å². The maximum absolute atomic E-state index is 11.1. The Kier molecular flexibility index (Phi) is 4.54. The molecule has 1 atom stereocenters. The second-order valence-electron chi connectivity index (χ2n) is 6.69. The molecule has 0 N–H and O–H groups in total. The van der Waals surface area contributed by atoms with Gasteiger partial charge in [-0.15, -0.1) is 0 Å². The molecule has 0 bridgehead atoms. The summed E-state index contributed by atoms with van der Waals surface area (Å²) in [5, 5.41) is 11.1. The number of nitrogens with zero attached hydrogens (tertiary/aromatic N) is 3. The van der Waals surface area contributed by atoms with Crippen LogP contribution >= 0.6 is 0 Å². The molecular weight excluding hydrogens is 326 g/mol. The normalized spacial score (nSPS) is 17.5. The molecule has 0 saturated heterocycles. The van der Waals surface area contributed by atoms with Gasteiger partial charge in [0, 0.05) is 43.7 Å². The number of non-ortho nitro benzene ring substituents is 1. The van der Waals surface area contributed by atoms with Crippen molar-refractivity contribution < 1.29 is 4.92 Å². The number of aromatic nitrogens is 1. The zero-order valence-electron chi connectivity index (χ0n) is 14.5. The Hall–Kier alpha value is -2.92. The Morgan fingerprint density at radius 1 is 1.00 bits per heavy atom. The van der Waals surface area contributed by atoms with Crippen LogP contribution in [0.4, 0.5) is 5.69 Å². The van der Waals surface area contributed by atoms with Crippen molar-refractivity contribution in [3.05, 3.63) is 99.9 Å². The van der Waals surface area contributed by atoms with Gasteiger partial charge in [0.2, 0.25) is 0 Å². The van der Waals surface area contributed by atoms with Gasteiger partial charge in [-0.1, -0.05) is 42.5 Å². The summed E-state index contributed by atoms with van der Waals surface area (Å²) in [5.74, 6) is 0. The second-order valence-corrected chi connectivity index (χ2v) is 6.69. The fraction of sp³-hybridized carbons (Fsp3) is 0.238. The van der Waals surface area contributed by atoms with E-state index in [2.05, 4.69) is 52.1 Å². The van der Waals surface area contributed by atoms with Gasteiger partial charge in [-0.3, -0.25) is 15.0 Å². The van der Waals surface area contributed by atoms with Crippen LogP contribution in [0.15, 0.2) is 72.9 Å². The minimum absolute atomic E-state index is 0.146. The van der Waals surface area contributed by atoms with Crippen LogP contribution in [0.5, 0.6) is 0 Å². The number of nitro benzene ring substituents is 1. The Bertz CT molecular complexity index is 904. The van der Waals surface area contributed by atoms with Crippen molar-refractivity contribution in [2.24, 2.45) is 0 Å². The maximum atomic E-state index is 11.1. The van der Waals surface area contributed by atoms with Crippen LogP contribution < -0.4 is 0 Å².